The molecule has 72 valence electrons. The highest BCUT2D eigenvalue weighted by atomic mass is 35.5. The van der Waals surface area contributed by atoms with Gasteiger partial charge in [-0.15, -0.1) is 0 Å². The van der Waals surface area contributed by atoms with Crippen LogP contribution in [-0.4, -0.2) is 9.73 Å². The summed E-state index contributed by atoms with van der Waals surface area (Å²) >= 11 is 6.97. The van der Waals surface area contributed by atoms with Gasteiger partial charge in [0.1, 0.15) is 5.03 Å². The van der Waals surface area contributed by atoms with E-state index in [-0.39, 0.29) is 10.6 Å². The van der Waals surface area contributed by atoms with Crippen molar-refractivity contribution in [3.8, 4) is 0 Å². The first-order chi connectivity index (χ1) is 5.88. The summed E-state index contributed by atoms with van der Waals surface area (Å²) in [4.78, 5) is 3.92. The average Bonchev–Trinajstić information content (AvgIpc) is 1.93. The fourth-order valence-corrected chi connectivity index (χ4v) is 1.75. The number of rotatable bonds is 1. The van der Waals surface area contributed by atoms with Gasteiger partial charge in [-0.2, -0.15) is 0 Å². The largest absolute Gasteiger partial charge is 0.245 e. The molecular weight excluding hydrogens is 209 g/mol. The Morgan fingerprint density at radius 2 is 2.08 bits per heavy atom. The lowest BCUT2D eigenvalue weighted by atomic mass is 10.3. The first-order valence-corrected chi connectivity index (χ1v) is 5.08. The van der Waals surface area contributed by atoms with Gasteiger partial charge in [0.15, 0.2) is 5.82 Å². The minimum absolute atomic E-state index is 0.0400. The molecule has 0 aliphatic rings. The highest BCUT2D eigenvalue weighted by Crippen LogP contribution is 2.32. The normalized spacial score (nSPS) is 11.8. The summed E-state index contributed by atoms with van der Waals surface area (Å²) in [6.07, 6.45) is 1.46. The van der Waals surface area contributed by atoms with Crippen LogP contribution in [0.4, 0.5) is 4.39 Å². The van der Waals surface area contributed by atoms with Gasteiger partial charge in [-0.05, 0) is 6.07 Å². The Hall–Kier alpha value is -0.280. The molecule has 1 rings (SSSR count). The van der Waals surface area contributed by atoms with E-state index in [1.165, 1.54) is 24.0 Å². The van der Waals surface area contributed by atoms with Crippen LogP contribution in [0.3, 0.4) is 0 Å². The second-order valence-electron chi connectivity index (χ2n) is 3.65. The molecule has 0 radical (unpaired) electrons. The zero-order valence-electron chi connectivity index (χ0n) is 7.77. The molecule has 0 N–H and O–H groups in total. The first kappa shape index (κ1) is 10.8. The molecule has 4 heteroatoms. The lowest BCUT2D eigenvalue weighted by molar-refractivity contribution is 0.586. The summed E-state index contributed by atoms with van der Waals surface area (Å²) in [6.45, 7) is 6.02. The second kappa shape index (κ2) is 3.84. The number of pyridine rings is 1. The number of halogens is 2. The third-order valence-electron chi connectivity index (χ3n) is 1.18. The maximum Gasteiger partial charge on any atom is 0.156 e. The van der Waals surface area contributed by atoms with Crippen molar-refractivity contribution in [1.82, 2.24) is 4.98 Å². The molecule has 0 bridgehead atoms. The Labute approximate surface area is 86.7 Å². The minimum atomic E-state index is -0.354. The molecule has 0 unspecified atom stereocenters. The summed E-state index contributed by atoms with van der Waals surface area (Å²) in [5, 5.41) is 0.729. The van der Waals surface area contributed by atoms with E-state index in [0.29, 0.717) is 10.0 Å². The van der Waals surface area contributed by atoms with Crippen LogP contribution < -0.4 is 0 Å². The van der Waals surface area contributed by atoms with Crippen LogP contribution in [0.5, 0.6) is 0 Å². The van der Waals surface area contributed by atoms with Crippen molar-refractivity contribution in [2.75, 3.05) is 0 Å². The van der Waals surface area contributed by atoms with Crippen molar-refractivity contribution in [1.29, 1.82) is 0 Å². The quantitative estimate of drug-likeness (QED) is 0.667. The van der Waals surface area contributed by atoms with Crippen LogP contribution in [0, 0.1) is 5.82 Å². The van der Waals surface area contributed by atoms with Gasteiger partial charge < -0.3 is 0 Å². The van der Waals surface area contributed by atoms with Crippen LogP contribution in [0.15, 0.2) is 17.3 Å². The molecule has 0 atom stereocenters. The molecule has 0 spiro atoms. The summed E-state index contributed by atoms with van der Waals surface area (Å²) in [5.41, 5.74) is 0. The van der Waals surface area contributed by atoms with E-state index in [4.69, 9.17) is 11.6 Å². The molecule has 0 aliphatic carbocycles. The standard InChI is InChI=1S/C9H11ClFNS/c1-9(2,3)13-8-7(11)4-6(10)5-12-8/h4-5H,1-3H3. The van der Waals surface area contributed by atoms with Gasteiger partial charge in [-0.3, -0.25) is 0 Å². The fraction of sp³-hybridized carbons (Fsp3) is 0.444. The smallest absolute Gasteiger partial charge is 0.156 e. The van der Waals surface area contributed by atoms with Gasteiger partial charge in [0.05, 0.1) is 5.02 Å². The van der Waals surface area contributed by atoms with Crippen molar-refractivity contribution in [2.24, 2.45) is 0 Å². The molecule has 1 aromatic heterocycles. The van der Waals surface area contributed by atoms with Gasteiger partial charge in [0.25, 0.3) is 0 Å². The fourth-order valence-electron chi connectivity index (χ4n) is 0.767. The molecule has 1 heterocycles. The topological polar surface area (TPSA) is 12.9 Å². The van der Waals surface area contributed by atoms with Crippen LogP contribution >= 0.6 is 23.4 Å². The van der Waals surface area contributed by atoms with E-state index in [9.17, 15) is 4.39 Å². The Morgan fingerprint density at radius 3 is 2.54 bits per heavy atom. The molecule has 0 aromatic carbocycles. The Balaban J connectivity index is 2.90. The van der Waals surface area contributed by atoms with Crippen molar-refractivity contribution in [2.45, 2.75) is 30.5 Å². The Bertz CT molecular complexity index is 309. The predicted molar refractivity (Wildman–Crippen MR) is 54.8 cm³/mol. The van der Waals surface area contributed by atoms with Crippen molar-refractivity contribution < 1.29 is 4.39 Å². The zero-order valence-corrected chi connectivity index (χ0v) is 9.34. The van der Waals surface area contributed by atoms with E-state index < -0.39 is 0 Å². The van der Waals surface area contributed by atoms with E-state index in [2.05, 4.69) is 4.98 Å². The maximum atomic E-state index is 13.2. The number of thioether (sulfide) groups is 1. The third kappa shape index (κ3) is 3.53. The molecular formula is C9H11ClFNS. The summed E-state index contributed by atoms with van der Waals surface area (Å²) in [7, 11) is 0. The second-order valence-corrected chi connectivity index (χ2v) is 5.91. The molecule has 1 aromatic rings. The van der Waals surface area contributed by atoms with Crippen molar-refractivity contribution >= 4 is 23.4 Å². The summed E-state index contributed by atoms with van der Waals surface area (Å²) < 4.78 is 13.2. The van der Waals surface area contributed by atoms with Gasteiger partial charge in [0.2, 0.25) is 0 Å². The van der Waals surface area contributed by atoms with Crippen LogP contribution in [0.2, 0.25) is 5.02 Å². The molecule has 0 saturated carbocycles. The van der Waals surface area contributed by atoms with Crippen molar-refractivity contribution in [3.05, 3.63) is 23.1 Å². The highest BCUT2D eigenvalue weighted by molar-refractivity contribution is 8.00. The summed E-state index contributed by atoms with van der Waals surface area (Å²) in [5.74, 6) is -0.354. The van der Waals surface area contributed by atoms with Crippen molar-refractivity contribution in [3.63, 3.8) is 0 Å². The van der Waals surface area contributed by atoms with Gasteiger partial charge in [0, 0.05) is 10.9 Å². The lowest BCUT2D eigenvalue weighted by Crippen LogP contribution is -2.08. The van der Waals surface area contributed by atoms with Gasteiger partial charge >= 0.3 is 0 Å². The Kier molecular flexibility index (Phi) is 3.19. The van der Waals surface area contributed by atoms with Gasteiger partial charge in [-0.1, -0.05) is 44.1 Å². The van der Waals surface area contributed by atoms with Crippen LogP contribution in [0.1, 0.15) is 20.8 Å². The monoisotopic (exact) mass is 219 g/mol. The summed E-state index contributed by atoms with van der Waals surface area (Å²) in [6, 6.07) is 1.28. The van der Waals surface area contributed by atoms with E-state index >= 15 is 0 Å². The molecule has 0 aliphatic heterocycles. The molecule has 13 heavy (non-hydrogen) atoms. The van der Waals surface area contributed by atoms with Crippen LogP contribution in [0.25, 0.3) is 0 Å². The Morgan fingerprint density at radius 1 is 1.46 bits per heavy atom. The molecule has 0 saturated heterocycles. The average molecular weight is 220 g/mol. The number of aromatic nitrogens is 1. The van der Waals surface area contributed by atoms with E-state index in [1.807, 2.05) is 20.8 Å². The molecule has 0 fully saturated rings. The van der Waals surface area contributed by atoms with Crippen LogP contribution in [-0.2, 0) is 0 Å². The van der Waals surface area contributed by atoms with E-state index in [1.54, 1.807) is 0 Å². The maximum absolute atomic E-state index is 13.2. The predicted octanol–water partition coefficient (Wildman–Crippen LogP) is 3.76. The number of hydrogen-bond acceptors (Lipinski definition) is 2. The number of hydrogen-bond donors (Lipinski definition) is 0. The minimum Gasteiger partial charge on any atom is -0.245 e. The molecule has 0 amide bonds. The highest BCUT2D eigenvalue weighted by Gasteiger charge is 2.16. The first-order valence-electron chi connectivity index (χ1n) is 3.88. The lowest BCUT2D eigenvalue weighted by Gasteiger charge is -2.16. The zero-order chi connectivity index (χ0) is 10.1. The SMILES string of the molecule is CC(C)(C)Sc1ncc(Cl)cc1F. The number of nitrogens with zero attached hydrogens (tertiary/aromatic N) is 1. The third-order valence-corrected chi connectivity index (χ3v) is 2.49. The van der Waals surface area contributed by atoms with E-state index in [0.717, 1.165) is 0 Å². The molecule has 1 nitrogen and oxygen atoms in total. The van der Waals surface area contributed by atoms with Gasteiger partial charge in [-0.25, -0.2) is 9.37 Å².